The zero-order valence-electron chi connectivity index (χ0n) is 15.2. The largest absolute Gasteiger partial charge is 0.484 e. The molecule has 7 heteroatoms. The SMILES string of the molecule is CC(C)c1ccc(OCC(=O)N/N=C\C=C\c2cccc([N+](=O)[O-])c2)cc1. The molecule has 0 bridgehead atoms. The van der Waals surface area contributed by atoms with Gasteiger partial charge in [0.2, 0.25) is 0 Å². The van der Waals surface area contributed by atoms with Crippen LogP contribution in [0.2, 0.25) is 0 Å². The number of non-ortho nitro benzene ring substituents is 1. The van der Waals surface area contributed by atoms with Crippen LogP contribution in [0.25, 0.3) is 6.08 Å². The van der Waals surface area contributed by atoms with Crippen LogP contribution in [0.3, 0.4) is 0 Å². The van der Waals surface area contributed by atoms with Crippen LogP contribution in [0.1, 0.15) is 30.9 Å². The summed E-state index contributed by atoms with van der Waals surface area (Å²) in [6.45, 7) is 4.07. The zero-order chi connectivity index (χ0) is 19.6. The number of carbonyl (C=O) groups excluding carboxylic acids is 1. The maximum absolute atomic E-state index is 11.7. The molecule has 0 fully saturated rings. The average molecular weight is 367 g/mol. The fraction of sp³-hybridized carbons (Fsp3) is 0.200. The number of nitrogens with one attached hydrogen (secondary N) is 1. The average Bonchev–Trinajstić information content (AvgIpc) is 2.66. The number of nitro benzene ring substituents is 1. The van der Waals surface area contributed by atoms with Gasteiger partial charge in [0.15, 0.2) is 6.61 Å². The monoisotopic (exact) mass is 367 g/mol. The molecule has 0 heterocycles. The van der Waals surface area contributed by atoms with Crippen molar-refractivity contribution in [3.8, 4) is 5.75 Å². The fourth-order valence-corrected chi connectivity index (χ4v) is 2.18. The topological polar surface area (TPSA) is 93.8 Å². The van der Waals surface area contributed by atoms with Crippen molar-refractivity contribution in [2.45, 2.75) is 19.8 Å². The first-order chi connectivity index (χ1) is 13.0. The van der Waals surface area contributed by atoms with Crippen molar-refractivity contribution < 1.29 is 14.5 Å². The number of carbonyl (C=O) groups is 1. The van der Waals surface area contributed by atoms with Gasteiger partial charge in [0, 0.05) is 18.3 Å². The number of hydrogen-bond acceptors (Lipinski definition) is 5. The van der Waals surface area contributed by atoms with Gasteiger partial charge in [0.1, 0.15) is 5.75 Å². The highest BCUT2D eigenvalue weighted by Gasteiger charge is 2.04. The second kappa shape index (κ2) is 9.86. The number of nitrogens with zero attached hydrogens (tertiary/aromatic N) is 2. The second-order valence-corrected chi connectivity index (χ2v) is 6.04. The van der Waals surface area contributed by atoms with Crippen molar-refractivity contribution in [1.82, 2.24) is 5.43 Å². The lowest BCUT2D eigenvalue weighted by Crippen LogP contribution is -2.24. The molecule has 2 rings (SSSR count). The third kappa shape index (κ3) is 6.74. The van der Waals surface area contributed by atoms with Crippen LogP contribution >= 0.6 is 0 Å². The van der Waals surface area contributed by atoms with Crippen LogP contribution in [0, 0.1) is 10.1 Å². The summed E-state index contributed by atoms with van der Waals surface area (Å²) in [4.78, 5) is 21.9. The Labute approximate surface area is 157 Å². The molecule has 0 aliphatic rings. The summed E-state index contributed by atoms with van der Waals surface area (Å²) >= 11 is 0. The van der Waals surface area contributed by atoms with Crippen molar-refractivity contribution in [2.75, 3.05) is 6.61 Å². The van der Waals surface area contributed by atoms with E-state index in [0.717, 1.165) is 0 Å². The highest BCUT2D eigenvalue weighted by atomic mass is 16.6. The molecule has 0 saturated carbocycles. The van der Waals surface area contributed by atoms with Gasteiger partial charge in [0.05, 0.1) is 4.92 Å². The first-order valence-electron chi connectivity index (χ1n) is 8.41. The number of nitro groups is 1. The highest BCUT2D eigenvalue weighted by molar-refractivity contribution is 5.82. The first kappa shape index (κ1) is 19.8. The molecule has 0 atom stereocenters. The predicted molar refractivity (Wildman–Crippen MR) is 105 cm³/mol. The summed E-state index contributed by atoms with van der Waals surface area (Å²) in [5.74, 6) is 0.666. The number of amides is 1. The molecule has 0 aliphatic carbocycles. The number of benzene rings is 2. The van der Waals surface area contributed by atoms with Gasteiger partial charge in [-0.15, -0.1) is 0 Å². The molecule has 2 aromatic carbocycles. The molecule has 0 aliphatic heterocycles. The van der Waals surface area contributed by atoms with Crippen molar-refractivity contribution >= 4 is 23.9 Å². The Bertz CT molecular complexity index is 843. The molecule has 0 aromatic heterocycles. The Kier molecular flexibility index (Phi) is 7.25. The van der Waals surface area contributed by atoms with Gasteiger partial charge >= 0.3 is 0 Å². The normalized spacial score (nSPS) is 11.2. The molecule has 27 heavy (non-hydrogen) atoms. The van der Waals surface area contributed by atoms with E-state index in [2.05, 4.69) is 24.4 Å². The molecular formula is C20H21N3O4. The van der Waals surface area contributed by atoms with Crippen molar-refractivity contribution in [2.24, 2.45) is 5.10 Å². The molecule has 0 unspecified atom stereocenters. The lowest BCUT2D eigenvalue weighted by molar-refractivity contribution is -0.384. The number of hydrazone groups is 1. The Morgan fingerprint density at radius 3 is 2.67 bits per heavy atom. The molecule has 7 nitrogen and oxygen atoms in total. The summed E-state index contributed by atoms with van der Waals surface area (Å²) in [7, 11) is 0. The Morgan fingerprint density at radius 1 is 1.26 bits per heavy atom. The molecule has 0 spiro atoms. The van der Waals surface area contributed by atoms with E-state index in [9.17, 15) is 14.9 Å². The van der Waals surface area contributed by atoms with E-state index in [0.29, 0.717) is 17.2 Å². The molecule has 0 radical (unpaired) electrons. The van der Waals surface area contributed by atoms with Gasteiger partial charge in [-0.2, -0.15) is 5.10 Å². The maximum Gasteiger partial charge on any atom is 0.277 e. The molecule has 0 saturated heterocycles. The summed E-state index contributed by atoms with van der Waals surface area (Å²) in [5, 5.41) is 14.5. The predicted octanol–water partition coefficient (Wildman–Crippen LogP) is 3.91. The van der Waals surface area contributed by atoms with Crippen LogP contribution < -0.4 is 10.2 Å². The van der Waals surface area contributed by atoms with Crippen LogP contribution in [0.4, 0.5) is 5.69 Å². The van der Waals surface area contributed by atoms with E-state index in [1.54, 1.807) is 24.3 Å². The van der Waals surface area contributed by atoms with E-state index < -0.39 is 4.92 Å². The Hall–Kier alpha value is -3.48. The quantitative estimate of drug-likeness (QED) is 0.435. The molecular weight excluding hydrogens is 346 g/mol. The third-order valence-corrected chi connectivity index (χ3v) is 3.64. The smallest absolute Gasteiger partial charge is 0.277 e. The van der Waals surface area contributed by atoms with Crippen LogP contribution in [-0.2, 0) is 4.79 Å². The minimum absolute atomic E-state index is 0.0148. The third-order valence-electron chi connectivity index (χ3n) is 3.64. The van der Waals surface area contributed by atoms with Gasteiger partial charge in [-0.25, -0.2) is 5.43 Å². The van der Waals surface area contributed by atoms with E-state index >= 15 is 0 Å². The molecule has 2 aromatic rings. The van der Waals surface area contributed by atoms with Gasteiger partial charge in [0.25, 0.3) is 11.6 Å². The summed E-state index contributed by atoms with van der Waals surface area (Å²) < 4.78 is 5.40. The summed E-state index contributed by atoms with van der Waals surface area (Å²) in [6, 6.07) is 13.8. The van der Waals surface area contributed by atoms with Crippen molar-refractivity contribution in [1.29, 1.82) is 0 Å². The summed E-state index contributed by atoms with van der Waals surface area (Å²) in [5.41, 5.74) is 4.22. The lowest BCUT2D eigenvalue weighted by Gasteiger charge is -2.08. The highest BCUT2D eigenvalue weighted by Crippen LogP contribution is 2.18. The molecule has 140 valence electrons. The maximum atomic E-state index is 11.7. The van der Waals surface area contributed by atoms with Crippen LogP contribution in [-0.4, -0.2) is 23.7 Å². The second-order valence-electron chi connectivity index (χ2n) is 6.04. The van der Waals surface area contributed by atoms with Gasteiger partial charge < -0.3 is 4.74 Å². The zero-order valence-corrected chi connectivity index (χ0v) is 15.2. The van der Waals surface area contributed by atoms with Gasteiger partial charge in [-0.3, -0.25) is 14.9 Å². The van der Waals surface area contributed by atoms with E-state index in [4.69, 9.17) is 4.74 Å². The van der Waals surface area contributed by atoms with Crippen molar-refractivity contribution in [3.05, 3.63) is 75.8 Å². The van der Waals surface area contributed by atoms with Crippen molar-refractivity contribution in [3.63, 3.8) is 0 Å². The minimum atomic E-state index is -0.456. The number of rotatable bonds is 8. The van der Waals surface area contributed by atoms with Gasteiger partial charge in [-0.1, -0.05) is 44.2 Å². The molecule has 1 amide bonds. The Balaban J connectivity index is 1.76. The number of ether oxygens (including phenoxy) is 1. The Morgan fingerprint density at radius 2 is 2.00 bits per heavy atom. The number of hydrogen-bond donors (Lipinski definition) is 1. The minimum Gasteiger partial charge on any atom is -0.484 e. The fourth-order valence-electron chi connectivity index (χ4n) is 2.18. The number of allylic oxidation sites excluding steroid dienone is 1. The van der Waals surface area contributed by atoms with E-state index in [-0.39, 0.29) is 18.2 Å². The van der Waals surface area contributed by atoms with Gasteiger partial charge in [-0.05, 0) is 35.3 Å². The molecule has 1 N–H and O–H groups in total. The van der Waals surface area contributed by atoms with E-state index in [1.807, 2.05) is 24.3 Å². The first-order valence-corrected chi connectivity index (χ1v) is 8.41. The standard InChI is InChI=1S/C20H21N3O4/c1-15(2)17-8-10-19(11-9-17)27-14-20(24)22-21-12-4-6-16-5-3-7-18(13-16)23(25)26/h3-13,15H,14H2,1-2H3,(H,22,24)/b6-4+,21-12-. The van der Waals surface area contributed by atoms with E-state index in [1.165, 1.54) is 23.9 Å². The van der Waals surface area contributed by atoms with Crippen LogP contribution in [0.5, 0.6) is 5.75 Å². The summed E-state index contributed by atoms with van der Waals surface area (Å²) in [6.07, 6.45) is 4.61. The lowest BCUT2D eigenvalue weighted by atomic mass is 10.0. The van der Waals surface area contributed by atoms with Crippen LogP contribution in [0.15, 0.2) is 59.7 Å².